The van der Waals surface area contributed by atoms with E-state index in [1.807, 2.05) is 6.08 Å². The molecule has 0 aliphatic carbocycles. The molecule has 536 valence electrons. The van der Waals surface area contributed by atoms with Crippen molar-refractivity contribution >= 4 is 5.91 Å². The van der Waals surface area contributed by atoms with Gasteiger partial charge in [0.25, 0.3) is 0 Å². The first-order valence-corrected chi connectivity index (χ1v) is 35.8. The topological polar surface area (TPSA) is 366 Å². The normalized spacial score (nSPS) is 33.0. The van der Waals surface area contributed by atoms with Crippen molar-refractivity contribution in [3.8, 4) is 0 Å². The van der Waals surface area contributed by atoms with Crippen LogP contribution in [0.25, 0.3) is 0 Å². The summed E-state index contributed by atoms with van der Waals surface area (Å²) in [5, 5.41) is 145. The van der Waals surface area contributed by atoms with E-state index in [0.717, 1.165) is 44.9 Å². The maximum atomic E-state index is 13.5. The van der Waals surface area contributed by atoms with E-state index in [1.165, 1.54) is 174 Å². The maximum absolute atomic E-state index is 13.5. The number of unbranched alkanes of at least 4 members (excludes halogenated alkanes) is 33. The van der Waals surface area contributed by atoms with Crippen LogP contribution in [0.1, 0.15) is 252 Å². The summed E-state index contributed by atoms with van der Waals surface area (Å²) in [5.41, 5.74) is 0. The van der Waals surface area contributed by atoms with E-state index in [9.17, 15) is 71.2 Å². The number of carbonyl (C=O) groups excluding carboxylic acids is 1. The summed E-state index contributed by atoms with van der Waals surface area (Å²) < 4.78 is 47.4. The minimum Gasteiger partial charge on any atom is -0.394 e. The van der Waals surface area contributed by atoms with Gasteiger partial charge >= 0.3 is 0 Å². The zero-order chi connectivity index (χ0) is 66.3. The Labute approximate surface area is 543 Å². The van der Waals surface area contributed by atoms with Crippen LogP contribution in [0, 0.1) is 0 Å². The van der Waals surface area contributed by atoms with Crippen LogP contribution in [0.4, 0.5) is 0 Å². The lowest BCUT2D eigenvalue weighted by Gasteiger charge is -2.50. The van der Waals surface area contributed by atoms with Gasteiger partial charge in [0.2, 0.25) is 5.91 Å². The molecule has 22 atom stereocenters. The second-order valence-electron chi connectivity index (χ2n) is 26.4. The monoisotopic (exact) mass is 1310 g/mol. The molecule has 0 aromatic heterocycles. The first-order valence-electron chi connectivity index (χ1n) is 35.8. The highest BCUT2D eigenvalue weighted by Gasteiger charge is 2.56. The summed E-state index contributed by atoms with van der Waals surface area (Å²) in [5.74, 6) is -0.308. The second kappa shape index (κ2) is 48.1. The predicted octanol–water partition coefficient (Wildman–Crippen LogP) is 5.79. The quantitative estimate of drug-likeness (QED) is 0.0253. The molecule has 23 heteroatoms. The van der Waals surface area contributed by atoms with Gasteiger partial charge in [-0.3, -0.25) is 4.79 Å². The summed E-state index contributed by atoms with van der Waals surface area (Å²) >= 11 is 0. The van der Waals surface area contributed by atoms with E-state index in [0.29, 0.717) is 12.8 Å². The van der Waals surface area contributed by atoms with E-state index in [4.69, 9.17) is 37.9 Å². The average molecular weight is 1310 g/mol. The Hall–Kier alpha value is -1.63. The lowest BCUT2D eigenvalue weighted by atomic mass is 9.95. The molecule has 4 aliphatic heterocycles. The molecule has 23 nitrogen and oxygen atoms in total. The number of aliphatic hydroxyl groups is 13. The molecule has 4 aliphatic rings. The highest BCUT2D eigenvalue weighted by molar-refractivity contribution is 5.76. The lowest BCUT2D eigenvalue weighted by Crippen LogP contribution is -2.68. The first kappa shape index (κ1) is 81.8. The van der Waals surface area contributed by atoms with Crippen molar-refractivity contribution in [3.05, 3.63) is 12.2 Å². The molecule has 14 N–H and O–H groups in total. The number of amides is 1. The molecule has 0 aromatic rings. The van der Waals surface area contributed by atoms with Crippen molar-refractivity contribution in [2.24, 2.45) is 0 Å². The molecule has 91 heavy (non-hydrogen) atoms. The molecule has 4 saturated heterocycles. The number of hydrogen-bond acceptors (Lipinski definition) is 22. The van der Waals surface area contributed by atoms with Crippen molar-refractivity contribution in [1.82, 2.24) is 5.32 Å². The van der Waals surface area contributed by atoms with Gasteiger partial charge in [0, 0.05) is 6.42 Å². The fourth-order valence-electron chi connectivity index (χ4n) is 12.7. The second-order valence-corrected chi connectivity index (χ2v) is 26.4. The third kappa shape index (κ3) is 29.5. The van der Waals surface area contributed by atoms with Crippen LogP contribution in [-0.4, -0.2) is 234 Å². The van der Waals surface area contributed by atoms with Gasteiger partial charge in [0.15, 0.2) is 25.2 Å². The van der Waals surface area contributed by atoms with E-state index in [-0.39, 0.29) is 12.3 Å². The smallest absolute Gasteiger partial charge is 0.220 e. The molecule has 4 fully saturated rings. The number of carbonyl (C=O) groups is 1. The number of allylic oxidation sites excluding steroid dienone is 1. The molecule has 8 unspecified atom stereocenters. The fraction of sp³-hybridized carbons (Fsp3) is 0.956. The van der Waals surface area contributed by atoms with Crippen LogP contribution >= 0.6 is 0 Å². The lowest BCUT2D eigenvalue weighted by molar-refractivity contribution is -0.405. The fourth-order valence-corrected chi connectivity index (χ4v) is 12.7. The Morgan fingerprint density at radius 2 is 0.780 bits per heavy atom. The van der Waals surface area contributed by atoms with Gasteiger partial charge in [-0.1, -0.05) is 231 Å². The van der Waals surface area contributed by atoms with Gasteiger partial charge in [-0.05, 0) is 26.2 Å². The standard InChI is InChI=1S/C68H127NO22/c1-4-6-8-10-12-14-16-18-19-20-21-22-23-24-25-26-27-29-31-33-35-37-39-41-52(74)69-47(48(73)40-38-36-34-32-30-28-17-15-13-11-9-7-5-2)45-84-65-61(83)58(80)62(51(44-72)88-65)89-68-64(91-66-59(81)56(78)53(75)46(3)85-66)63(55(77)50(43-71)87-68)90-67-60(82)57(79)54(76)49(42-70)86-67/h38,40,46-51,53-68,70-73,75-83H,4-37,39,41-45H2,1-3H3,(H,69,74)/b40-38+/t46?,47-,48+,49?,50?,51?,53+,54-,55-,56?,57-,58+,59-,60?,61?,62+,63-,64?,65+,66+,67+,68-/m0/s1. The van der Waals surface area contributed by atoms with Crippen LogP contribution < -0.4 is 5.32 Å². The SMILES string of the molecule is CCCCCCCCCCCCC/C=C/[C@@H](O)[C@H](CO[C@@H]1OC(CO)[C@@H](O[C@@H]2OC(CO)[C@H](O)[C@H](O[C@H]3OC(CO)[C@H](O)[C@H](O)C3O)C2O[C@H]2OC(C)[C@@H](O)C(O)[C@@H]2O)[C@H](O)C1O)NC(=O)CCCCCCCCCCCCCCCCCCCCCCCCC. The molecular formula is C68H127NO22. The van der Waals surface area contributed by atoms with Gasteiger partial charge < -0.3 is 110 Å². The van der Waals surface area contributed by atoms with E-state index < -0.39 is 161 Å². The van der Waals surface area contributed by atoms with Crippen molar-refractivity contribution < 1.29 is 109 Å². The molecule has 4 heterocycles. The molecule has 0 bridgehead atoms. The zero-order valence-corrected chi connectivity index (χ0v) is 55.6. The molecule has 0 spiro atoms. The van der Waals surface area contributed by atoms with Crippen molar-refractivity contribution in [1.29, 1.82) is 0 Å². The Kier molecular flexibility index (Phi) is 43.3. The average Bonchev–Trinajstić information content (AvgIpc) is 0.807. The third-order valence-corrected chi connectivity index (χ3v) is 18.7. The summed E-state index contributed by atoms with van der Waals surface area (Å²) in [4.78, 5) is 13.5. The molecule has 1 amide bonds. The minimum absolute atomic E-state index is 0.210. The van der Waals surface area contributed by atoms with Crippen molar-refractivity contribution in [3.63, 3.8) is 0 Å². The van der Waals surface area contributed by atoms with Gasteiger partial charge in [-0.25, -0.2) is 0 Å². The third-order valence-electron chi connectivity index (χ3n) is 18.7. The van der Waals surface area contributed by atoms with Crippen LogP contribution in [0.3, 0.4) is 0 Å². The Balaban J connectivity index is 1.33. The summed E-state index contributed by atoms with van der Waals surface area (Å²) in [6.45, 7) is 2.76. The maximum Gasteiger partial charge on any atom is 0.220 e. The highest BCUT2D eigenvalue weighted by atomic mass is 16.8. The van der Waals surface area contributed by atoms with Crippen LogP contribution in [0.15, 0.2) is 12.2 Å². The summed E-state index contributed by atoms with van der Waals surface area (Å²) in [7, 11) is 0. The predicted molar refractivity (Wildman–Crippen MR) is 341 cm³/mol. The zero-order valence-electron chi connectivity index (χ0n) is 55.6. The van der Waals surface area contributed by atoms with Crippen LogP contribution in [0.5, 0.6) is 0 Å². The molecule has 0 radical (unpaired) electrons. The highest BCUT2D eigenvalue weighted by Crippen LogP contribution is 2.36. The van der Waals surface area contributed by atoms with Gasteiger partial charge in [-0.2, -0.15) is 0 Å². The van der Waals surface area contributed by atoms with E-state index in [1.54, 1.807) is 6.08 Å². The molecule has 0 aromatic carbocycles. The van der Waals surface area contributed by atoms with Crippen molar-refractivity contribution in [2.45, 2.75) is 387 Å². The molecule has 4 rings (SSSR count). The Morgan fingerprint density at radius 3 is 1.25 bits per heavy atom. The molecule has 0 saturated carbocycles. The Morgan fingerprint density at radius 1 is 0.407 bits per heavy atom. The number of hydrogen-bond donors (Lipinski definition) is 14. The molecular weight excluding hydrogens is 1180 g/mol. The summed E-state index contributed by atoms with van der Waals surface area (Å²) in [6.07, 6.45) is 9.53. The minimum atomic E-state index is -2.02. The van der Waals surface area contributed by atoms with Gasteiger partial charge in [0.05, 0.1) is 44.7 Å². The van der Waals surface area contributed by atoms with Crippen LogP contribution in [-0.2, 0) is 42.7 Å². The van der Waals surface area contributed by atoms with Gasteiger partial charge in [-0.15, -0.1) is 0 Å². The number of rotatable bonds is 51. The summed E-state index contributed by atoms with van der Waals surface area (Å²) in [6, 6.07) is -1.03. The number of ether oxygens (including phenoxy) is 8. The Bertz CT molecular complexity index is 1830. The van der Waals surface area contributed by atoms with Gasteiger partial charge in [0.1, 0.15) is 91.6 Å². The van der Waals surface area contributed by atoms with E-state index >= 15 is 0 Å². The number of aliphatic hydroxyl groups excluding tert-OH is 13. The van der Waals surface area contributed by atoms with Crippen molar-refractivity contribution in [2.75, 3.05) is 26.4 Å². The largest absolute Gasteiger partial charge is 0.394 e. The van der Waals surface area contributed by atoms with E-state index in [2.05, 4.69) is 19.2 Å². The first-order chi connectivity index (χ1) is 44.0. The van der Waals surface area contributed by atoms with Crippen LogP contribution in [0.2, 0.25) is 0 Å². The number of nitrogens with one attached hydrogen (secondary N) is 1.